The SMILES string of the molecule is Cc1n[nH]c(C)c1S(=O)(=O)Nc1nc2ccccc2[nH]1. The first-order valence-corrected chi connectivity index (χ1v) is 7.45. The number of hydrogen-bond donors (Lipinski definition) is 3. The topological polar surface area (TPSA) is 104 Å². The molecule has 0 fully saturated rings. The maximum absolute atomic E-state index is 12.4. The van der Waals surface area contributed by atoms with E-state index < -0.39 is 10.0 Å². The molecule has 0 amide bonds. The van der Waals surface area contributed by atoms with Gasteiger partial charge < -0.3 is 4.98 Å². The Morgan fingerprint density at radius 1 is 1.20 bits per heavy atom. The van der Waals surface area contributed by atoms with E-state index in [2.05, 4.69) is 24.9 Å². The summed E-state index contributed by atoms with van der Waals surface area (Å²) in [5.41, 5.74) is 2.38. The molecule has 3 aromatic rings. The van der Waals surface area contributed by atoms with Gasteiger partial charge in [-0.3, -0.25) is 5.10 Å². The number of nitrogens with zero attached hydrogens (tertiary/aromatic N) is 2. The lowest BCUT2D eigenvalue weighted by Gasteiger charge is -2.04. The Bertz CT molecular complexity index is 826. The van der Waals surface area contributed by atoms with E-state index in [1.165, 1.54) is 0 Å². The normalized spacial score (nSPS) is 11.9. The number of para-hydroxylation sites is 2. The van der Waals surface area contributed by atoms with Crippen molar-refractivity contribution in [3.63, 3.8) is 0 Å². The van der Waals surface area contributed by atoms with Crippen molar-refractivity contribution < 1.29 is 8.42 Å². The summed E-state index contributed by atoms with van der Waals surface area (Å²) in [5, 5.41) is 6.55. The van der Waals surface area contributed by atoms with E-state index in [1.54, 1.807) is 19.9 Å². The number of benzene rings is 1. The molecule has 8 heteroatoms. The van der Waals surface area contributed by atoms with Crippen molar-refractivity contribution in [3.05, 3.63) is 35.7 Å². The molecule has 1 aromatic carbocycles. The highest BCUT2D eigenvalue weighted by molar-refractivity contribution is 7.92. The van der Waals surface area contributed by atoms with Crippen LogP contribution in [0.25, 0.3) is 11.0 Å². The number of sulfonamides is 1. The summed E-state index contributed by atoms with van der Waals surface area (Å²) >= 11 is 0. The summed E-state index contributed by atoms with van der Waals surface area (Å²) in [6, 6.07) is 7.32. The van der Waals surface area contributed by atoms with E-state index in [0.29, 0.717) is 16.9 Å². The number of aromatic amines is 2. The highest BCUT2D eigenvalue weighted by Gasteiger charge is 2.23. The zero-order valence-electron chi connectivity index (χ0n) is 10.9. The number of H-pyrrole nitrogens is 2. The average molecular weight is 291 g/mol. The van der Waals surface area contributed by atoms with Gasteiger partial charge in [-0.2, -0.15) is 5.10 Å². The Kier molecular flexibility index (Phi) is 2.75. The van der Waals surface area contributed by atoms with Crippen molar-refractivity contribution >= 4 is 27.0 Å². The molecule has 0 aliphatic heterocycles. The van der Waals surface area contributed by atoms with Crippen LogP contribution in [0.5, 0.6) is 0 Å². The van der Waals surface area contributed by atoms with Gasteiger partial charge >= 0.3 is 0 Å². The van der Waals surface area contributed by atoms with Gasteiger partial charge in [0.25, 0.3) is 10.0 Å². The summed E-state index contributed by atoms with van der Waals surface area (Å²) in [5.74, 6) is 0.186. The lowest BCUT2D eigenvalue weighted by atomic mass is 10.3. The van der Waals surface area contributed by atoms with Crippen LogP contribution in [0.4, 0.5) is 5.95 Å². The number of aryl methyl sites for hydroxylation is 2. The lowest BCUT2D eigenvalue weighted by molar-refractivity contribution is 0.600. The molecule has 0 aliphatic rings. The number of aromatic nitrogens is 4. The Morgan fingerprint density at radius 3 is 2.60 bits per heavy atom. The monoisotopic (exact) mass is 291 g/mol. The van der Waals surface area contributed by atoms with Crippen LogP contribution in [0.1, 0.15) is 11.4 Å². The third kappa shape index (κ3) is 2.03. The molecule has 104 valence electrons. The first-order chi connectivity index (χ1) is 9.47. The molecule has 3 N–H and O–H groups in total. The third-order valence-corrected chi connectivity index (χ3v) is 4.55. The van der Waals surface area contributed by atoms with Crippen LogP contribution in [-0.4, -0.2) is 28.6 Å². The molecular weight excluding hydrogens is 278 g/mol. The molecule has 0 radical (unpaired) electrons. The van der Waals surface area contributed by atoms with Crippen molar-refractivity contribution in [3.8, 4) is 0 Å². The van der Waals surface area contributed by atoms with Gasteiger partial charge in [-0.1, -0.05) is 12.1 Å². The van der Waals surface area contributed by atoms with Crippen LogP contribution in [0.2, 0.25) is 0 Å². The predicted octanol–water partition coefficient (Wildman–Crippen LogP) is 1.70. The van der Waals surface area contributed by atoms with E-state index >= 15 is 0 Å². The smallest absolute Gasteiger partial charge is 0.267 e. The number of anilines is 1. The Morgan fingerprint density at radius 2 is 1.95 bits per heavy atom. The van der Waals surface area contributed by atoms with Gasteiger partial charge in [-0.05, 0) is 26.0 Å². The van der Waals surface area contributed by atoms with Gasteiger partial charge in [-0.25, -0.2) is 18.1 Å². The zero-order chi connectivity index (χ0) is 14.3. The summed E-state index contributed by atoms with van der Waals surface area (Å²) < 4.78 is 27.1. The van der Waals surface area contributed by atoms with Crippen molar-refractivity contribution in [1.29, 1.82) is 0 Å². The first kappa shape index (κ1) is 12.7. The maximum Gasteiger partial charge on any atom is 0.267 e. The summed E-state index contributed by atoms with van der Waals surface area (Å²) in [6.45, 7) is 3.30. The number of nitrogens with one attached hydrogen (secondary N) is 3. The molecule has 2 aromatic heterocycles. The van der Waals surface area contributed by atoms with E-state index in [-0.39, 0.29) is 10.8 Å². The number of fused-ring (bicyclic) bond motifs is 1. The van der Waals surface area contributed by atoms with E-state index in [1.807, 2.05) is 18.2 Å². The summed E-state index contributed by atoms with van der Waals surface area (Å²) in [7, 11) is -3.72. The van der Waals surface area contributed by atoms with E-state index in [0.717, 1.165) is 5.52 Å². The first-order valence-electron chi connectivity index (χ1n) is 5.96. The van der Waals surface area contributed by atoms with Gasteiger partial charge in [-0.15, -0.1) is 0 Å². The second-order valence-electron chi connectivity index (χ2n) is 4.47. The molecule has 0 spiro atoms. The Balaban J connectivity index is 2.01. The molecule has 20 heavy (non-hydrogen) atoms. The van der Waals surface area contributed by atoms with Crippen molar-refractivity contribution in [2.75, 3.05) is 4.72 Å². The van der Waals surface area contributed by atoms with Crippen LogP contribution >= 0.6 is 0 Å². The van der Waals surface area contributed by atoms with Gasteiger partial charge in [0.05, 0.1) is 22.4 Å². The fourth-order valence-electron chi connectivity index (χ4n) is 2.12. The van der Waals surface area contributed by atoms with E-state index in [9.17, 15) is 8.42 Å². The van der Waals surface area contributed by atoms with Crippen LogP contribution in [0.15, 0.2) is 29.2 Å². The highest BCUT2D eigenvalue weighted by Crippen LogP contribution is 2.21. The second kappa shape index (κ2) is 4.34. The molecule has 0 aliphatic carbocycles. The largest absolute Gasteiger partial charge is 0.323 e. The molecule has 0 bridgehead atoms. The average Bonchev–Trinajstić information content (AvgIpc) is 2.91. The summed E-state index contributed by atoms with van der Waals surface area (Å²) in [6.07, 6.45) is 0. The van der Waals surface area contributed by atoms with Gasteiger partial charge in [0.2, 0.25) is 5.95 Å². The quantitative estimate of drug-likeness (QED) is 0.683. The van der Waals surface area contributed by atoms with Crippen molar-refractivity contribution in [2.24, 2.45) is 0 Å². The number of hydrogen-bond acceptors (Lipinski definition) is 4. The third-order valence-electron chi connectivity index (χ3n) is 2.95. The van der Waals surface area contributed by atoms with Crippen LogP contribution < -0.4 is 4.72 Å². The van der Waals surface area contributed by atoms with Crippen LogP contribution in [0.3, 0.4) is 0 Å². The maximum atomic E-state index is 12.4. The zero-order valence-corrected chi connectivity index (χ0v) is 11.7. The van der Waals surface area contributed by atoms with Crippen LogP contribution in [-0.2, 0) is 10.0 Å². The van der Waals surface area contributed by atoms with Crippen molar-refractivity contribution in [2.45, 2.75) is 18.7 Å². The molecule has 2 heterocycles. The molecular formula is C12H13N5O2S. The van der Waals surface area contributed by atoms with Crippen LogP contribution in [0, 0.1) is 13.8 Å². The minimum atomic E-state index is -3.72. The minimum absolute atomic E-state index is 0.151. The molecule has 0 saturated heterocycles. The Labute approximate surface area is 115 Å². The second-order valence-corrected chi connectivity index (χ2v) is 6.09. The van der Waals surface area contributed by atoms with Gasteiger partial charge in [0.1, 0.15) is 4.90 Å². The van der Waals surface area contributed by atoms with Gasteiger partial charge in [0.15, 0.2) is 0 Å². The fourth-order valence-corrected chi connectivity index (χ4v) is 3.45. The predicted molar refractivity (Wildman–Crippen MR) is 75.0 cm³/mol. The van der Waals surface area contributed by atoms with Gasteiger partial charge in [0, 0.05) is 0 Å². The highest BCUT2D eigenvalue weighted by atomic mass is 32.2. The summed E-state index contributed by atoms with van der Waals surface area (Å²) in [4.78, 5) is 7.26. The molecule has 0 atom stereocenters. The molecule has 0 unspecified atom stereocenters. The molecule has 0 saturated carbocycles. The fraction of sp³-hybridized carbons (Fsp3) is 0.167. The lowest BCUT2D eigenvalue weighted by Crippen LogP contribution is -2.15. The molecule has 3 rings (SSSR count). The number of rotatable bonds is 3. The van der Waals surface area contributed by atoms with E-state index in [4.69, 9.17) is 0 Å². The number of imidazole rings is 1. The Hall–Kier alpha value is -2.35. The van der Waals surface area contributed by atoms with Crippen molar-refractivity contribution in [1.82, 2.24) is 20.2 Å². The standard InChI is InChI=1S/C12H13N5O2S/c1-7-11(8(2)16-15-7)20(18,19)17-12-13-9-5-3-4-6-10(9)14-12/h3-6H,1-2H3,(H,15,16)(H2,13,14,17). The minimum Gasteiger partial charge on any atom is -0.323 e. The molecule has 7 nitrogen and oxygen atoms in total.